The van der Waals surface area contributed by atoms with Crippen LogP contribution >= 0.6 is 0 Å². The molecule has 0 atom stereocenters. The Morgan fingerprint density at radius 2 is 1.83 bits per heavy atom. The number of carbonyl (C=O) groups is 1. The highest BCUT2D eigenvalue weighted by Gasteiger charge is 2.21. The van der Waals surface area contributed by atoms with E-state index in [0.717, 1.165) is 36.1 Å². The van der Waals surface area contributed by atoms with Crippen LogP contribution in [0.15, 0.2) is 54.7 Å². The summed E-state index contributed by atoms with van der Waals surface area (Å²) in [5.41, 5.74) is 4.63. The van der Waals surface area contributed by atoms with E-state index in [0.29, 0.717) is 6.54 Å². The molecule has 24 heavy (non-hydrogen) atoms. The van der Waals surface area contributed by atoms with E-state index in [9.17, 15) is 4.79 Å². The summed E-state index contributed by atoms with van der Waals surface area (Å²) < 4.78 is 2.16. The number of nitrogens with zero attached hydrogens (tertiary/aromatic N) is 2. The average molecular weight is 319 g/mol. The number of nitrogens with one attached hydrogen (secondary N) is 1. The first-order chi connectivity index (χ1) is 11.8. The fourth-order valence-corrected chi connectivity index (χ4v) is 3.47. The highest BCUT2D eigenvalue weighted by Crippen LogP contribution is 2.27. The second-order valence-corrected chi connectivity index (χ2v) is 6.22. The molecule has 2 amide bonds. The largest absolute Gasteiger partial charge is 0.346 e. The summed E-state index contributed by atoms with van der Waals surface area (Å²) in [5.74, 6) is 0. The molecule has 0 bridgehead atoms. The van der Waals surface area contributed by atoms with Gasteiger partial charge in [-0.05, 0) is 30.5 Å². The highest BCUT2D eigenvalue weighted by atomic mass is 16.2. The minimum Gasteiger partial charge on any atom is -0.346 e. The van der Waals surface area contributed by atoms with Crippen LogP contribution < -0.4 is 5.32 Å². The fourth-order valence-electron chi connectivity index (χ4n) is 3.47. The summed E-state index contributed by atoms with van der Waals surface area (Å²) >= 11 is 0. The predicted molar refractivity (Wildman–Crippen MR) is 97.2 cm³/mol. The van der Waals surface area contributed by atoms with Gasteiger partial charge in [0.1, 0.15) is 0 Å². The van der Waals surface area contributed by atoms with Crippen LogP contribution in [0, 0.1) is 0 Å². The molecule has 0 fully saturated rings. The Balaban J connectivity index is 1.57. The lowest BCUT2D eigenvalue weighted by atomic mass is 10.0. The molecule has 122 valence electrons. The lowest BCUT2D eigenvalue weighted by molar-refractivity contribution is 0.206. The first-order valence-corrected chi connectivity index (χ1v) is 8.47. The Hall–Kier alpha value is -2.75. The van der Waals surface area contributed by atoms with Gasteiger partial charge in [-0.2, -0.15) is 0 Å². The van der Waals surface area contributed by atoms with Crippen LogP contribution in [0.1, 0.15) is 18.1 Å². The number of urea groups is 1. The molecule has 0 spiro atoms. The SMILES string of the molecule is CCn1cc(NC(=O)N2CCc3ccccc3C2)c2ccccc21. The van der Waals surface area contributed by atoms with Gasteiger partial charge in [0.25, 0.3) is 0 Å². The molecule has 4 nitrogen and oxygen atoms in total. The summed E-state index contributed by atoms with van der Waals surface area (Å²) in [6, 6.07) is 16.5. The number of aryl methyl sites for hydroxylation is 1. The van der Waals surface area contributed by atoms with E-state index in [1.54, 1.807) is 0 Å². The van der Waals surface area contributed by atoms with E-state index in [4.69, 9.17) is 0 Å². The van der Waals surface area contributed by atoms with E-state index >= 15 is 0 Å². The molecule has 1 N–H and O–H groups in total. The molecule has 4 heteroatoms. The van der Waals surface area contributed by atoms with Crippen molar-refractivity contribution in [3.05, 3.63) is 65.9 Å². The number of rotatable bonds is 2. The monoisotopic (exact) mass is 319 g/mol. The van der Waals surface area contributed by atoms with Gasteiger partial charge < -0.3 is 14.8 Å². The molecule has 0 saturated carbocycles. The zero-order valence-corrected chi connectivity index (χ0v) is 13.8. The maximum Gasteiger partial charge on any atom is 0.322 e. The van der Waals surface area contributed by atoms with Gasteiger partial charge in [0.15, 0.2) is 0 Å². The van der Waals surface area contributed by atoms with Crippen molar-refractivity contribution in [3.63, 3.8) is 0 Å². The number of para-hydroxylation sites is 1. The van der Waals surface area contributed by atoms with Gasteiger partial charge in [-0.3, -0.25) is 0 Å². The third kappa shape index (κ3) is 2.54. The van der Waals surface area contributed by atoms with Gasteiger partial charge >= 0.3 is 6.03 Å². The second-order valence-electron chi connectivity index (χ2n) is 6.22. The van der Waals surface area contributed by atoms with Crippen molar-refractivity contribution in [1.82, 2.24) is 9.47 Å². The molecule has 0 saturated heterocycles. The number of fused-ring (bicyclic) bond motifs is 2. The van der Waals surface area contributed by atoms with Crippen molar-refractivity contribution in [1.29, 1.82) is 0 Å². The molecule has 0 radical (unpaired) electrons. The molecule has 0 unspecified atom stereocenters. The summed E-state index contributed by atoms with van der Waals surface area (Å²) in [4.78, 5) is 14.6. The van der Waals surface area contributed by atoms with Crippen LogP contribution in [0.4, 0.5) is 10.5 Å². The molecule has 2 heterocycles. The molecule has 1 aromatic heterocycles. The van der Waals surface area contributed by atoms with Crippen LogP contribution in [0.2, 0.25) is 0 Å². The van der Waals surface area contributed by atoms with E-state index in [1.165, 1.54) is 11.1 Å². The number of aromatic nitrogens is 1. The molecule has 2 aromatic carbocycles. The van der Waals surface area contributed by atoms with Gasteiger partial charge in [-0.15, -0.1) is 0 Å². The Bertz CT molecular complexity index is 897. The van der Waals surface area contributed by atoms with Crippen LogP contribution in [0.5, 0.6) is 0 Å². The third-order valence-electron chi connectivity index (χ3n) is 4.79. The highest BCUT2D eigenvalue weighted by molar-refractivity contribution is 6.01. The van der Waals surface area contributed by atoms with Crippen molar-refractivity contribution in [2.75, 3.05) is 11.9 Å². The molecule has 1 aliphatic heterocycles. The van der Waals surface area contributed by atoms with Crippen LogP contribution in [0.25, 0.3) is 10.9 Å². The lowest BCUT2D eigenvalue weighted by Gasteiger charge is -2.28. The van der Waals surface area contributed by atoms with Gasteiger partial charge in [0, 0.05) is 31.2 Å². The van der Waals surface area contributed by atoms with Crippen molar-refractivity contribution < 1.29 is 4.79 Å². The number of hydrogen-bond donors (Lipinski definition) is 1. The van der Waals surface area contributed by atoms with Gasteiger partial charge in [0.05, 0.1) is 11.2 Å². The fraction of sp³-hybridized carbons (Fsp3) is 0.250. The third-order valence-corrected chi connectivity index (χ3v) is 4.79. The first-order valence-electron chi connectivity index (χ1n) is 8.47. The number of carbonyl (C=O) groups excluding carboxylic acids is 1. The average Bonchev–Trinajstić information content (AvgIpc) is 2.99. The van der Waals surface area contributed by atoms with E-state index in [-0.39, 0.29) is 6.03 Å². The van der Waals surface area contributed by atoms with Gasteiger partial charge in [-0.25, -0.2) is 4.79 Å². The Labute approximate surface area is 141 Å². The number of anilines is 1. The topological polar surface area (TPSA) is 37.3 Å². The Morgan fingerprint density at radius 3 is 2.67 bits per heavy atom. The number of hydrogen-bond acceptors (Lipinski definition) is 1. The molecular formula is C20H21N3O. The first kappa shape index (κ1) is 14.8. The minimum absolute atomic E-state index is 0.0245. The van der Waals surface area contributed by atoms with Gasteiger partial charge in [0.2, 0.25) is 0 Å². The molecular weight excluding hydrogens is 298 g/mol. The lowest BCUT2D eigenvalue weighted by Crippen LogP contribution is -2.38. The summed E-state index contributed by atoms with van der Waals surface area (Å²) in [5, 5.41) is 4.19. The predicted octanol–water partition coefficient (Wildman–Crippen LogP) is 4.25. The molecule has 3 aromatic rings. The zero-order chi connectivity index (χ0) is 16.5. The van der Waals surface area contributed by atoms with Crippen molar-refractivity contribution in [3.8, 4) is 0 Å². The quantitative estimate of drug-likeness (QED) is 0.753. The van der Waals surface area contributed by atoms with E-state index in [1.807, 2.05) is 29.3 Å². The zero-order valence-electron chi connectivity index (χ0n) is 13.8. The Kier molecular flexibility index (Phi) is 3.73. The smallest absolute Gasteiger partial charge is 0.322 e. The van der Waals surface area contributed by atoms with Crippen molar-refractivity contribution in [2.45, 2.75) is 26.4 Å². The van der Waals surface area contributed by atoms with Crippen LogP contribution in [-0.4, -0.2) is 22.0 Å². The maximum absolute atomic E-state index is 12.7. The second kappa shape index (κ2) is 6.04. The minimum atomic E-state index is -0.0245. The number of amides is 2. The van der Waals surface area contributed by atoms with Crippen LogP contribution in [0.3, 0.4) is 0 Å². The Morgan fingerprint density at radius 1 is 1.08 bits per heavy atom. The van der Waals surface area contributed by atoms with Crippen LogP contribution in [-0.2, 0) is 19.5 Å². The maximum atomic E-state index is 12.7. The normalized spacial score (nSPS) is 13.8. The standard InChI is InChI=1S/C20H21N3O/c1-2-22-14-18(17-9-5-6-10-19(17)22)21-20(24)23-12-11-15-7-3-4-8-16(15)13-23/h3-10,14H,2,11-13H2,1H3,(H,21,24). The van der Waals surface area contributed by atoms with E-state index in [2.05, 4.69) is 47.1 Å². The van der Waals surface area contributed by atoms with Gasteiger partial charge in [-0.1, -0.05) is 42.5 Å². The van der Waals surface area contributed by atoms with E-state index < -0.39 is 0 Å². The summed E-state index contributed by atoms with van der Waals surface area (Å²) in [6.07, 6.45) is 2.95. The van der Waals surface area contributed by atoms with Crippen molar-refractivity contribution >= 4 is 22.6 Å². The summed E-state index contributed by atoms with van der Waals surface area (Å²) in [6.45, 7) is 4.43. The summed E-state index contributed by atoms with van der Waals surface area (Å²) in [7, 11) is 0. The molecule has 1 aliphatic rings. The molecule has 4 rings (SSSR count). The number of benzene rings is 2. The molecule has 0 aliphatic carbocycles. The van der Waals surface area contributed by atoms with Crippen molar-refractivity contribution in [2.24, 2.45) is 0 Å².